The first-order valence-corrected chi connectivity index (χ1v) is 13.5. The van der Waals surface area contributed by atoms with Gasteiger partial charge in [-0.1, -0.05) is 52.8 Å². The number of aliphatic imine (C=N–C) groups is 2. The van der Waals surface area contributed by atoms with E-state index in [0.29, 0.717) is 42.1 Å². The van der Waals surface area contributed by atoms with E-state index < -0.39 is 17.9 Å². The van der Waals surface area contributed by atoms with Crippen LogP contribution in [0.1, 0.15) is 77.2 Å². The van der Waals surface area contributed by atoms with Crippen molar-refractivity contribution in [1.29, 1.82) is 0 Å². The minimum atomic E-state index is -1.64. The number of hydrogen-bond donors (Lipinski definition) is 2. The number of carbonyl (C=O) groups is 1. The van der Waals surface area contributed by atoms with Crippen molar-refractivity contribution in [2.75, 3.05) is 11.9 Å². The van der Waals surface area contributed by atoms with Crippen molar-refractivity contribution in [2.24, 2.45) is 21.8 Å². The largest absolute Gasteiger partial charge is 0.352 e. The van der Waals surface area contributed by atoms with Crippen LogP contribution in [0.2, 0.25) is 0 Å². The van der Waals surface area contributed by atoms with Crippen molar-refractivity contribution in [1.82, 2.24) is 5.32 Å². The summed E-state index contributed by atoms with van der Waals surface area (Å²) in [5, 5.41) is 6.23. The van der Waals surface area contributed by atoms with Gasteiger partial charge in [-0.2, -0.15) is 0 Å². The fourth-order valence-electron chi connectivity index (χ4n) is 4.09. The van der Waals surface area contributed by atoms with Gasteiger partial charge in [-0.25, -0.2) is 13.8 Å². The summed E-state index contributed by atoms with van der Waals surface area (Å²) in [4.78, 5) is 21.6. The molecule has 2 rings (SSSR count). The highest BCUT2D eigenvalue weighted by atomic mass is 19.2. The minimum absolute atomic E-state index is 0.0651. The minimum Gasteiger partial charge on any atom is -0.352 e. The molecule has 0 saturated carbocycles. The predicted octanol–water partition coefficient (Wildman–Crippen LogP) is 7.89. The summed E-state index contributed by atoms with van der Waals surface area (Å²) in [6, 6.07) is 5.59. The van der Waals surface area contributed by atoms with Gasteiger partial charge >= 0.3 is 0 Å². The second-order valence-corrected chi connectivity index (χ2v) is 9.61. The Kier molecular flexibility index (Phi) is 12.3. The van der Waals surface area contributed by atoms with E-state index in [2.05, 4.69) is 20.6 Å². The number of allylic oxidation sites excluding steroid dienone is 6. The lowest BCUT2D eigenvalue weighted by atomic mass is 9.86. The van der Waals surface area contributed by atoms with E-state index in [4.69, 9.17) is 0 Å². The normalized spacial score (nSPS) is 19.1. The second kappa shape index (κ2) is 15.2. The van der Waals surface area contributed by atoms with Gasteiger partial charge in [0.15, 0.2) is 12.0 Å². The number of alkyl halides is 1. The van der Waals surface area contributed by atoms with Gasteiger partial charge in [0.2, 0.25) is 0 Å². The average Bonchev–Trinajstić information content (AvgIpc) is 2.91. The third-order valence-electron chi connectivity index (χ3n) is 6.41. The van der Waals surface area contributed by atoms with Gasteiger partial charge < -0.3 is 10.6 Å². The van der Waals surface area contributed by atoms with Gasteiger partial charge in [0.25, 0.3) is 5.91 Å². The van der Waals surface area contributed by atoms with Crippen LogP contribution in [0.4, 0.5) is 14.5 Å². The van der Waals surface area contributed by atoms with Crippen molar-refractivity contribution in [2.45, 2.75) is 73.9 Å². The van der Waals surface area contributed by atoms with Crippen molar-refractivity contribution < 1.29 is 13.6 Å². The number of carbonyl (C=O) groups excluding carboxylic acids is 1. The van der Waals surface area contributed by atoms with Crippen LogP contribution in [0, 0.1) is 11.8 Å². The average molecular weight is 525 g/mol. The van der Waals surface area contributed by atoms with E-state index in [9.17, 15) is 13.6 Å². The van der Waals surface area contributed by atoms with Crippen LogP contribution >= 0.6 is 0 Å². The smallest absolute Gasteiger partial charge is 0.251 e. The molecule has 1 aromatic rings. The van der Waals surface area contributed by atoms with Crippen molar-refractivity contribution >= 4 is 23.1 Å². The summed E-state index contributed by atoms with van der Waals surface area (Å²) in [7, 11) is 0. The Bertz CT molecular complexity index is 1160. The molecule has 206 valence electrons. The number of halogens is 2. The van der Waals surface area contributed by atoms with Crippen LogP contribution in [0.5, 0.6) is 0 Å². The van der Waals surface area contributed by atoms with Crippen LogP contribution in [-0.4, -0.2) is 30.2 Å². The summed E-state index contributed by atoms with van der Waals surface area (Å²) < 4.78 is 29.6. The first-order valence-electron chi connectivity index (χ1n) is 13.5. The number of hydrogen-bond acceptors (Lipinski definition) is 3. The van der Waals surface area contributed by atoms with Crippen molar-refractivity contribution in [3.63, 3.8) is 0 Å². The molecular weight excluding hydrogens is 482 g/mol. The maximum Gasteiger partial charge on any atom is 0.251 e. The number of amidine groups is 1. The number of anilines is 1. The molecule has 0 saturated heterocycles. The van der Waals surface area contributed by atoms with E-state index in [0.717, 1.165) is 17.7 Å². The predicted molar refractivity (Wildman–Crippen MR) is 156 cm³/mol. The summed E-state index contributed by atoms with van der Waals surface area (Å²) >= 11 is 0. The number of rotatable bonds is 11. The highest BCUT2D eigenvalue weighted by Gasteiger charge is 2.29. The van der Waals surface area contributed by atoms with Crippen LogP contribution in [0.25, 0.3) is 0 Å². The fourth-order valence-corrected chi connectivity index (χ4v) is 4.09. The molecule has 1 amide bonds. The number of nitrogens with one attached hydrogen (secondary N) is 2. The zero-order valence-electron chi connectivity index (χ0n) is 23.7. The zero-order chi connectivity index (χ0) is 28.2. The third kappa shape index (κ3) is 8.07. The van der Waals surface area contributed by atoms with Crippen LogP contribution in [-0.2, 0) is 6.42 Å². The summed E-state index contributed by atoms with van der Waals surface area (Å²) in [5.74, 6) is -0.816. The lowest BCUT2D eigenvalue weighted by Crippen LogP contribution is -2.25. The van der Waals surface area contributed by atoms with Gasteiger partial charge in [0.1, 0.15) is 5.83 Å². The van der Waals surface area contributed by atoms with E-state index in [1.54, 1.807) is 24.6 Å². The van der Waals surface area contributed by atoms with E-state index in [1.165, 1.54) is 0 Å². The molecule has 0 fully saturated rings. The fraction of sp³-hybridized carbons (Fsp3) is 0.452. The van der Waals surface area contributed by atoms with E-state index in [1.807, 2.05) is 72.7 Å². The summed E-state index contributed by atoms with van der Waals surface area (Å²) in [6.07, 6.45) is 8.95. The van der Waals surface area contributed by atoms with Gasteiger partial charge in [-0.3, -0.25) is 9.79 Å². The standard InChI is InChI=1S/C31H42F2N4O/c1-8-16-34-30(37-24-13-15-25(23(11-4)18-24)31(38)35-17-9-2)21(7)36-19-27(20(5)6)26-14-12-22(10-3)28(32)29(26)33/h8,12-16,18-20,22,28H,9-11,17H2,1-7H3,(H,34,37)(H,35,38)/b16-8-,27-19+,36-21?. The molecule has 1 aliphatic carbocycles. The summed E-state index contributed by atoms with van der Waals surface area (Å²) in [5.41, 5.74) is 3.81. The Morgan fingerprint density at radius 3 is 2.53 bits per heavy atom. The van der Waals surface area contributed by atoms with Gasteiger partial charge in [0.05, 0.1) is 5.71 Å². The third-order valence-corrected chi connectivity index (χ3v) is 6.41. The lowest BCUT2D eigenvalue weighted by Gasteiger charge is -2.23. The second-order valence-electron chi connectivity index (χ2n) is 9.61. The molecule has 0 bridgehead atoms. The molecule has 1 aromatic carbocycles. The van der Waals surface area contributed by atoms with Gasteiger partial charge in [-0.15, -0.1) is 0 Å². The summed E-state index contributed by atoms with van der Waals surface area (Å²) in [6.45, 7) is 14.0. The Balaban J connectivity index is 2.40. The number of amides is 1. The molecule has 2 N–H and O–H groups in total. The molecule has 7 heteroatoms. The highest BCUT2D eigenvalue weighted by Crippen LogP contribution is 2.35. The monoisotopic (exact) mass is 524 g/mol. The van der Waals surface area contributed by atoms with E-state index in [-0.39, 0.29) is 17.4 Å². The Morgan fingerprint density at radius 1 is 1.18 bits per heavy atom. The van der Waals surface area contributed by atoms with E-state index >= 15 is 0 Å². The molecule has 5 nitrogen and oxygen atoms in total. The molecule has 0 heterocycles. The molecule has 0 aliphatic heterocycles. The Hall–Kier alpha value is -3.35. The molecular formula is C31H42F2N4O. The Labute approximate surface area is 226 Å². The molecule has 0 aromatic heterocycles. The highest BCUT2D eigenvalue weighted by molar-refractivity contribution is 6.45. The van der Waals surface area contributed by atoms with Crippen LogP contribution in [0.3, 0.4) is 0 Å². The first-order chi connectivity index (χ1) is 18.2. The number of benzene rings is 1. The zero-order valence-corrected chi connectivity index (χ0v) is 23.7. The SMILES string of the molecule is C/C=C\N=C(Nc1ccc(C(=O)NCCC)c(CC)c1)C(C)=N/C=C(/C1=C(F)C(F)C(CC)C=C1)C(C)C. The maximum atomic E-state index is 14.9. The molecule has 38 heavy (non-hydrogen) atoms. The topological polar surface area (TPSA) is 65.8 Å². The van der Waals surface area contributed by atoms with Gasteiger partial charge in [-0.05, 0) is 68.4 Å². The molecule has 2 atom stereocenters. The van der Waals surface area contributed by atoms with Crippen molar-refractivity contribution in [3.05, 3.63) is 76.9 Å². The maximum absolute atomic E-state index is 14.9. The molecule has 2 unspecified atom stereocenters. The van der Waals surface area contributed by atoms with Crippen molar-refractivity contribution in [3.8, 4) is 0 Å². The molecule has 1 aliphatic rings. The van der Waals surface area contributed by atoms with Crippen LogP contribution in [0.15, 0.2) is 75.8 Å². The quantitative estimate of drug-likeness (QED) is 0.228. The number of aryl methyl sites for hydroxylation is 1. The Morgan fingerprint density at radius 2 is 1.92 bits per heavy atom. The molecule has 0 radical (unpaired) electrons. The van der Waals surface area contributed by atoms with Gasteiger partial charge in [0, 0.05) is 41.7 Å². The van der Waals surface area contributed by atoms with Crippen LogP contribution < -0.4 is 10.6 Å². The first kappa shape index (κ1) is 30.9. The molecule has 0 spiro atoms. The number of nitrogens with zero attached hydrogens (tertiary/aromatic N) is 2. The lowest BCUT2D eigenvalue weighted by molar-refractivity contribution is 0.0953.